The van der Waals surface area contributed by atoms with Gasteiger partial charge in [0.05, 0.1) is 5.56 Å². The van der Waals surface area contributed by atoms with E-state index in [4.69, 9.17) is 4.74 Å². The molecule has 0 N–H and O–H groups in total. The highest BCUT2D eigenvalue weighted by molar-refractivity contribution is 5.91. The van der Waals surface area contributed by atoms with Crippen molar-refractivity contribution in [2.24, 2.45) is 28.6 Å². The Kier molecular flexibility index (Phi) is 4.45. The van der Waals surface area contributed by atoms with Crippen molar-refractivity contribution in [2.45, 2.75) is 71.3 Å². The highest BCUT2D eigenvalue weighted by Gasteiger charge is 2.59. The molecule has 1 aromatic rings. The first-order valence-corrected chi connectivity index (χ1v) is 11.3. The van der Waals surface area contributed by atoms with Crippen LogP contribution in [0.5, 0.6) is 0 Å². The number of allylic oxidation sites excluding steroid dienone is 1. The minimum Gasteiger partial charge on any atom is -0.458 e. The molecule has 0 radical (unpaired) electrons. The highest BCUT2D eigenvalue weighted by atomic mass is 16.5. The Morgan fingerprint density at radius 1 is 1.10 bits per heavy atom. The fraction of sp³-hybridized carbons (Fsp3) is 0.640. The van der Waals surface area contributed by atoms with Gasteiger partial charge in [-0.05, 0) is 86.3 Å². The second kappa shape index (κ2) is 6.78. The summed E-state index contributed by atoms with van der Waals surface area (Å²) in [5.74, 6) is 2.05. The van der Waals surface area contributed by atoms with Crippen LogP contribution in [0.1, 0.15) is 75.6 Å². The Morgan fingerprint density at radius 3 is 2.76 bits per heavy atom. The summed E-state index contributed by atoms with van der Waals surface area (Å²) in [4.78, 5) is 28.7. The van der Waals surface area contributed by atoms with Gasteiger partial charge in [0.25, 0.3) is 0 Å². The normalized spacial score (nSPS) is 41.0. The van der Waals surface area contributed by atoms with Crippen molar-refractivity contribution >= 4 is 11.8 Å². The molecule has 1 unspecified atom stereocenters. The molecule has 4 nitrogen and oxygen atoms in total. The van der Waals surface area contributed by atoms with Gasteiger partial charge >= 0.3 is 5.97 Å². The number of hydrogen-bond acceptors (Lipinski definition) is 4. The first-order chi connectivity index (χ1) is 13.9. The van der Waals surface area contributed by atoms with Crippen molar-refractivity contribution in [1.82, 2.24) is 4.98 Å². The van der Waals surface area contributed by atoms with Gasteiger partial charge in [-0.2, -0.15) is 0 Å². The number of hydrogen-bond donors (Lipinski definition) is 0. The average molecular weight is 394 g/mol. The van der Waals surface area contributed by atoms with Gasteiger partial charge in [0.15, 0.2) is 5.78 Å². The van der Waals surface area contributed by atoms with Crippen LogP contribution in [0.25, 0.3) is 0 Å². The molecule has 6 atom stereocenters. The first kappa shape index (κ1) is 19.0. The maximum Gasteiger partial charge on any atom is 0.339 e. The largest absolute Gasteiger partial charge is 0.458 e. The molecule has 4 aliphatic rings. The lowest BCUT2D eigenvalue weighted by Crippen LogP contribution is -2.51. The van der Waals surface area contributed by atoms with Gasteiger partial charge in [-0.1, -0.05) is 19.4 Å². The number of carbonyl (C=O) groups excluding carboxylic acids is 2. The Balaban J connectivity index is 1.37. The van der Waals surface area contributed by atoms with Crippen LogP contribution in [-0.4, -0.2) is 22.8 Å². The van der Waals surface area contributed by atoms with E-state index in [-0.39, 0.29) is 22.9 Å². The molecule has 0 aliphatic heterocycles. The van der Waals surface area contributed by atoms with Gasteiger partial charge < -0.3 is 4.74 Å². The summed E-state index contributed by atoms with van der Waals surface area (Å²) < 4.78 is 6.06. The number of carbonyl (C=O) groups is 2. The van der Waals surface area contributed by atoms with Gasteiger partial charge in [0.1, 0.15) is 6.10 Å². The minimum absolute atomic E-state index is 0.00108. The van der Waals surface area contributed by atoms with Crippen LogP contribution in [0.2, 0.25) is 0 Å². The third kappa shape index (κ3) is 2.90. The van der Waals surface area contributed by atoms with Crippen molar-refractivity contribution < 1.29 is 14.3 Å². The van der Waals surface area contributed by atoms with E-state index in [1.165, 1.54) is 18.4 Å². The van der Waals surface area contributed by atoms with Crippen LogP contribution >= 0.6 is 0 Å². The van der Waals surface area contributed by atoms with Crippen molar-refractivity contribution in [3.05, 3.63) is 41.7 Å². The zero-order valence-electron chi connectivity index (χ0n) is 17.5. The zero-order valence-corrected chi connectivity index (χ0v) is 17.5. The van der Waals surface area contributed by atoms with E-state index in [2.05, 4.69) is 18.8 Å². The van der Waals surface area contributed by atoms with Crippen molar-refractivity contribution in [3.8, 4) is 0 Å². The van der Waals surface area contributed by atoms with Crippen molar-refractivity contribution in [1.29, 1.82) is 0 Å². The van der Waals surface area contributed by atoms with Crippen molar-refractivity contribution in [2.75, 3.05) is 0 Å². The number of aromatic nitrogens is 1. The fourth-order valence-electron chi connectivity index (χ4n) is 7.39. The number of ketones is 1. The predicted octanol–water partition coefficient (Wildman–Crippen LogP) is 5.14. The van der Waals surface area contributed by atoms with E-state index >= 15 is 0 Å². The van der Waals surface area contributed by atoms with E-state index in [1.54, 1.807) is 24.5 Å². The quantitative estimate of drug-likeness (QED) is 0.653. The minimum atomic E-state index is -0.237. The van der Waals surface area contributed by atoms with Crippen LogP contribution in [0, 0.1) is 28.6 Å². The third-order valence-electron chi connectivity index (χ3n) is 9.02. The number of esters is 1. The molecule has 29 heavy (non-hydrogen) atoms. The molecule has 0 aromatic carbocycles. The molecule has 0 amide bonds. The maximum atomic E-state index is 12.7. The summed E-state index contributed by atoms with van der Waals surface area (Å²) in [6.45, 7) is 4.78. The molecule has 1 aromatic heterocycles. The standard InChI is InChI=1S/C25H31NO3/c1-24-11-9-18(27)14-17(24)5-6-19-20-7-8-22(25(20,2)12-10-21(19)24)29-23(28)16-4-3-13-26-15-16/h3-4,13-15,19-22H,5-12H2,1-2H3/t19-,20-,21+,22?,24-,25-/m0/s1. The van der Waals surface area contributed by atoms with Gasteiger partial charge in [-0.15, -0.1) is 0 Å². The molecule has 4 aliphatic carbocycles. The van der Waals surface area contributed by atoms with Gasteiger partial charge in [0.2, 0.25) is 0 Å². The van der Waals surface area contributed by atoms with Crippen LogP contribution < -0.4 is 0 Å². The molecule has 3 saturated carbocycles. The van der Waals surface area contributed by atoms with Crippen LogP contribution in [0.3, 0.4) is 0 Å². The smallest absolute Gasteiger partial charge is 0.339 e. The predicted molar refractivity (Wildman–Crippen MR) is 110 cm³/mol. The van der Waals surface area contributed by atoms with E-state index < -0.39 is 0 Å². The summed E-state index contributed by atoms with van der Waals surface area (Å²) in [5.41, 5.74) is 2.22. The molecule has 1 heterocycles. The molecule has 0 spiro atoms. The van der Waals surface area contributed by atoms with E-state index in [0.29, 0.717) is 35.5 Å². The molecule has 5 rings (SSSR count). The Hall–Kier alpha value is -1.97. The summed E-state index contributed by atoms with van der Waals surface area (Å²) in [6.07, 6.45) is 13.6. The average Bonchev–Trinajstić information content (AvgIpc) is 3.05. The number of rotatable bonds is 2. The van der Waals surface area contributed by atoms with E-state index in [9.17, 15) is 9.59 Å². The number of fused-ring (bicyclic) bond motifs is 5. The summed E-state index contributed by atoms with van der Waals surface area (Å²) in [7, 11) is 0. The van der Waals surface area contributed by atoms with Gasteiger partial charge in [-0.3, -0.25) is 9.78 Å². The number of nitrogens with zero attached hydrogens (tertiary/aromatic N) is 1. The van der Waals surface area contributed by atoms with Crippen LogP contribution in [0.15, 0.2) is 36.2 Å². The molecule has 4 heteroatoms. The molecule has 0 saturated heterocycles. The first-order valence-electron chi connectivity index (χ1n) is 11.3. The van der Waals surface area contributed by atoms with E-state index in [1.807, 2.05) is 6.08 Å². The van der Waals surface area contributed by atoms with E-state index in [0.717, 1.165) is 32.1 Å². The SMILES string of the molecule is C[C@]12CCC(=O)C=C1CC[C@@H]1[C@H]2CC[C@]2(C)C(OC(=O)c3cccnc3)CC[C@@H]12. The number of pyridine rings is 1. The summed E-state index contributed by atoms with van der Waals surface area (Å²) in [6, 6.07) is 3.56. The second-order valence-electron chi connectivity index (χ2n) is 10.2. The van der Waals surface area contributed by atoms with Gasteiger partial charge in [0, 0.05) is 24.2 Å². The summed E-state index contributed by atoms with van der Waals surface area (Å²) in [5, 5.41) is 0. The number of ether oxygens (including phenoxy) is 1. The topological polar surface area (TPSA) is 56.3 Å². The zero-order chi connectivity index (χ0) is 20.2. The third-order valence-corrected chi connectivity index (χ3v) is 9.02. The lowest BCUT2D eigenvalue weighted by atomic mass is 9.47. The Bertz CT molecular complexity index is 862. The van der Waals surface area contributed by atoms with Crippen LogP contribution in [-0.2, 0) is 9.53 Å². The Labute approximate surface area is 173 Å². The molecule has 3 fully saturated rings. The van der Waals surface area contributed by atoms with Gasteiger partial charge in [-0.25, -0.2) is 4.79 Å². The Morgan fingerprint density at radius 2 is 1.97 bits per heavy atom. The fourth-order valence-corrected chi connectivity index (χ4v) is 7.39. The maximum absolute atomic E-state index is 12.7. The molecular weight excluding hydrogens is 362 g/mol. The monoisotopic (exact) mass is 393 g/mol. The lowest BCUT2D eigenvalue weighted by Gasteiger charge is -2.57. The van der Waals surface area contributed by atoms with Crippen LogP contribution in [0.4, 0.5) is 0 Å². The molecular formula is C25H31NO3. The highest BCUT2D eigenvalue weighted by Crippen LogP contribution is 2.65. The second-order valence-corrected chi connectivity index (χ2v) is 10.2. The molecule has 154 valence electrons. The lowest BCUT2D eigenvalue weighted by molar-refractivity contribution is -0.118. The van der Waals surface area contributed by atoms with Crippen molar-refractivity contribution in [3.63, 3.8) is 0 Å². The molecule has 0 bridgehead atoms. The summed E-state index contributed by atoms with van der Waals surface area (Å²) >= 11 is 0.